The normalized spacial score (nSPS) is 10.5. The summed E-state index contributed by atoms with van der Waals surface area (Å²) in [4.78, 5) is 23.3. The Balaban J connectivity index is 1.30. The van der Waals surface area contributed by atoms with Crippen molar-refractivity contribution in [2.24, 2.45) is 0 Å². The topological polar surface area (TPSA) is 84.0 Å². The molecule has 0 saturated carbocycles. The van der Waals surface area contributed by atoms with E-state index in [9.17, 15) is 9.59 Å². The van der Waals surface area contributed by atoms with E-state index in [4.69, 9.17) is 0 Å². The maximum absolute atomic E-state index is 12.2. The van der Waals surface area contributed by atoms with Crippen molar-refractivity contribution < 1.29 is 9.59 Å². The third-order valence-corrected chi connectivity index (χ3v) is 5.69. The first-order valence-corrected chi connectivity index (χ1v) is 11.4. The zero-order valence-electron chi connectivity index (χ0n) is 18.0. The molecule has 0 aliphatic rings. The lowest BCUT2D eigenvalue weighted by atomic mass is 10.0. The number of nitrogens with zero attached hydrogens (tertiary/aromatic N) is 2. The Kier molecular flexibility index (Phi) is 7.12. The van der Waals surface area contributed by atoms with Gasteiger partial charge in [0.1, 0.15) is 5.03 Å². The smallest absolute Gasteiger partial charge is 0.234 e. The SMILES string of the molecule is CC(=O)Nc1ccc(NC(=O)CSc2ccc(-c3ccc(-c4ccccc4)cc3)nn2)cc1. The van der Waals surface area contributed by atoms with E-state index >= 15 is 0 Å². The summed E-state index contributed by atoms with van der Waals surface area (Å²) in [6.07, 6.45) is 0. The van der Waals surface area contributed by atoms with Crippen molar-refractivity contribution in [2.75, 3.05) is 16.4 Å². The lowest BCUT2D eigenvalue weighted by Crippen LogP contribution is -2.14. The summed E-state index contributed by atoms with van der Waals surface area (Å²) < 4.78 is 0. The van der Waals surface area contributed by atoms with E-state index in [1.54, 1.807) is 24.3 Å². The number of carbonyl (C=O) groups excluding carboxylic acids is 2. The molecule has 0 radical (unpaired) electrons. The van der Waals surface area contributed by atoms with Crippen LogP contribution >= 0.6 is 11.8 Å². The minimum atomic E-state index is -0.144. The summed E-state index contributed by atoms with van der Waals surface area (Å²) in [7, 11) is 0. The molecule has 2 amide bonds. The number of hydrogen-bond acceptors (Lipinski definition) is 5. The zero-order valence-corrected chi connectivity index (χ0v) is 18.8. The fourth-order valence-corrected chi connectivity index (χ4v) is 3.81. The summed E-state index contributed by atoms with van der Waals surface area (Å²) in [6, 6.07) is 29.2. The van der Waals surface area contributed by atoms with Gasteiger partial charge in [-0.2, -0.15) is 0 Å². The first kappa shape index (κ1) is 22.2. The van der Waals surface area contributed by atoms with Crippen LogP contribution in [0.25, 0.3) is 22.4 Å². The summed E-state index contributed by atoms with van der Waals surface area (Å²) in [5, 5.41) is 14.7. The molecule has 6 nitrogen and oxygen atoms in total. The quantitative estimate of drug-likeness (QED) is 0.360. The number of amides is 2. The van der Waals surface area contributed by atoms with Gasteiger partial charge in [0.2, 0.25) is 11.8 Å². The minimum Gasteiger partial charge on any atom is -0.326 e. The van der Waals surface area contributed by atoms with Gasteiger partial charge in [0.15, 0.2) is 0 Å². The molecule has 3 aromatic carbocycles. The monoisotopic (exact) mass is 454 g/mol. The molecule has 4 aromatic rings. The van der Waals surface area contributed by atoms with Crippen molar-refractivity contribution in [3.05, 3.63) is 91.0 Å². The number of anilines is 2. The van der Waals surface area contributed by atoms with Crippen molar-refractivity contribution in [3.8, 4) is 22.4 Å². The summed E-state index contributed by atoms with van der Waals surface area (Å²) in [5.74, 6) is -0.0677. The van der Waals surface area contributed by atoms with Crippen molar-refractivity contribution in [1.29, 1.82) is 0 Å². The molecule has 2 N–H and O–H groups in total. The second-order valence-electron chi connectivity index (χ2n) is 7.30. The van der Waals surface area contributed by atoms with Gasteiger partial charge in [-0.1, -0.05) is 66.4 Å². The van der Waals surface area contributed by atoms with E-state index in [1.165, 1.54) is 24.2 Å². The van der Waals surface area contributed by atoms with Crippen molar-refractivity contribution >= 4 is 35.0 Å². The van der Waals surface area contributed by atoms with Gasteiger partial charge in [-0.3, -0.25) is 9.59 Å². The number of rotatable bonds is 7. The van der Waals surface area contributed by atoms with Gasteiger partial charge in [-0.25, -0.2) is 0 Å². The highest BCUT2D eigenvalue weighted by Gasteiger charge is 2.07. The molecular formula is C26H22N4O2S. The molecule has 0 fully saturated rings. The number of nitrogens with one attached hydrogen (secondary N) is 2. The average molecular weight is 455 g/mol. The van der Waals surface area contributed by atoms with Gasteiger partial charge < -0.3 is 10.6 Å². The van der Waals surface area contributed by atoms with Crippen molar-refractivity contribution in [3.63, 3.8) is 0 Å². The molecule has 164 valence electrons. The molecule has 0 aliphatic heterocycles. The van der Waals surface area contributed by atoms with Crippen LogP contribution in [0.5, 0.6) is 0 Å². The molecule has 1 aromatic heterocycles. The van der Waals surface area contributed by atoms with Gasteiger partial charge >= 0.3 is 0 Å². The van der Waals surface area contributed by atoms with E-state index in [0.717, 1.165) is 16.8 Å². The fraction of sp³-hybridized carbons (Fsp3) is 0.0769. The van der Waals surface area contributed by atoms with Crippen LogP contribution in [-0.4, -0.2) is 27.8 Å². The Morgan fingerprint density at radius 2 is 1.30 bits per heavy atom. The lowest BCUT2D eigenvalue weighted by Gasteiger charge is -2.07. The summed E-state index contributed by atoms with van der Waals surface area (Å²) in [5.41, 5.74) is 5.43. The van der Waals surface area contributed by atoms with Crippen LogP contribution in [0.3, 0.4) is 0 Å². The van der Waals surface area contributed by atoms with E-state index in [2.05, 4.69) is 45.1 Å². The molecule has 0 atom stereocenters. The highest BCUT2D eigenvalue weighted by molar-refractivity contribution is 7.99. The minimum absolute atomic E-state index is 0.139. The van der Waals surface area contributed by atoms with E-state index in [0.29, 0.717) is 16.4 Å². The molecule has 7 heteroatoms. The van der Waals surface area contributed by atoms with Gasteiger partial charge in [0, 0.05) is 23.9 Å². The predicted molar refractivity (Wildman–Crippen MR) is 133 cm³/mol. The van der Waals surface area contributed by atoms with E-state index in [1.807, 2.05) is 42.5 Å². The number of carbonyl (C=O) groups is 2. The number of thioether (sulfide) groups is 1. The first-order chi connectivity index (χ1) is 16.1. The van der Waals surface area contributed by atoms with Crippen LogP contribution in [0.15, 0.2) is 96.0 Å². The van der Waals surface area contributed by atoms with Gasteiger partial charge in [-0.05, 0) is 47.5 Å². The van der Waals surface area contributed by atoms with E-state index in [-0.39, 0.29) is 17.6 Å². The standard InChI is InChI=1S/C26H22N4O2S/c1-18(31)27-22-11-13-23(14-12-22)28-25(32)17-33-26-16-15-24(29-30-26)21-9-7-20(8-10-21)19-5-3-2-4-6-19/h2-16H,17H2,1H3,(H,27,31)(H,28,32). The molecule has 0 unspecified atom stereocenters. The summed E-state index contributed by atoms with van der Waals surface area (Å²) >= 11 is 1.32. The highest BCUT2D eigenvalue weighted by atomic mass is 32.2. The molecule has 4 rings (SSSR count). The first-order valence-electron chi connectivity index (χ1n) is 10.4. The Labute approximate surface area is 196 Å². The average Bonchev–Trinajstić information content (AvgIpc) is 2.85. The number of aromatic nitrogens is 2. The van der Waals surface area contributed by atoms with Crippen LogP contribution in [0.4, 0.5) is 11.4 Å². The molecule has 0 spiro atoms. The Hall–Kier alpha value is -3.97. The van der Waals surface area contributed by atoms with Crippen LogP contribution < -0.4 is 10.6 Å². The largest absolute Gasteiger partial charge is 0.326 e. The molecule has 0 saturated heterocycles. The maximum atomic E-state index is 12.2. The predicted octanol–water partition coefficient (Wildman–Crippen LogP) is 5.50. The second-order valence-corrected chi connectivity index (χ2v) is 8.29. The Morgan fingerprint density at radius 3 is 1.91 bits per heavy atom. The Bertz CT molecular complexity index is 1230. The van der Waals surface area contributed by atoms with Crippen molar-refractivity contribution in [2.45, 2.75) is 11.9 Å². The number of hydrogen-bond donors (Lipinski definition) is 2. The molecular weight excluding hydrogens is 432 g/mol. The summed E-state index contributed by atoms with van der Waals surface area (Å²) in [6.45, 7) is 1.45. The third kappa shape index (κ3) is 6.27. The highest BCUT2D eigenvalue weighted by Crippen LogP contribution is 2.24. The fourth-order valence-electron chi connectivity index (χ4n) is 3.19. The molecule has 33 heavy (non-hydrogen) atoms. The molecule has 0 bridgehead atoms. The zero-order chi connectivity index (χ0) is 23.0. The van der Waals surface area contributed by atoms with Crippen LogP contribution in [0.2, 0.25) is 0 Å². The second kappa shape index (κ2) is 10.6. The van der Waals surface area contributed by atoms with Gasteiger partial charge in [0.25, 0.3) is 0 Å². The van der Waals surface area contributed by atoms with Gasteiger partial charge in [0.05, 0.1) is 11.4 Å². The lowest BCUT2D eigenvalue weighted by molar-refractivity contribution is -0.114. The van der Waals surface area contributed by atoms with Crippen LogP contribution in [-0.2, 0) is 9.59 Å². The third-order valence-electron chi connectivity index (χ3n) is 4.77. The van der Waals surface area contributed by atoms with Gasteiger partial charge in [-0.15, -0.1) is 10.2 Å². The van der Waals surface area contributed by atoms with Crippen LogP contribution in [0, 0.1) is 0 Å². The van der Waals surface area contributed by atoms with Crippen LogP contribution in [0.1, 0.15) is 6.92 Å². The Morgan fingerprint density at radius 1 is 0.697 bits per heavy atom. The maximum Gasteiger partial charge on any atom is 0.234 e. The number of benzene rings is 3. The molecule has 0 aliphatic carbocycles. The van der Waals surface area contributed by atoms with E-state index < -0.39 is 0 Å². The molecule has 1 heterocycles. The van der Waals surface area contributed by atoms with Crippen molar-refractivity contribution in [1.82, 2.24) is 10.2 Å².